The van der Waals surface area contributed by atoms with Gasteiger partial charge in [0.2, 0.25) is 0 Å². The van der Waals surface area contributed by atoms with Gasteiger partial charge in [-0.05, 0) is 0 Å². The van der Waals surface area contributed by atoms with Crippen molar-refractivity contribution in [1.29, 1.82) is 0 Å². The molecule has 0 bridgehead atoms. The number of carbonyl (C=O) groups is 3. The second kappa shape index (κ2) is 26.2. The van der Waals surface area contributed by atoms with E-state index in [9.17, 15) is 38.1 Å². The van der Waals surface area contributed by atoms with E-state index in [0.29, 0.717) is 52.4 Å². The SMILES string of the molecule is CS(C)=O.CS(C)=O.O=C([O-])CN1CCNCCN(CC(=O)[O-])CCN(CC(=O)[O-])CC1.[Br-].[U+4]. The molecule has 0 radical (unpaired) electrons. The molecule has 0 amide bonds. The Morgan fingerprint density at radius 3 is 1.06 bits per heavy atom. The fraction of sp³-hybridized carbons (Fsp3) is 0.833. The van der Waals surface area contributed by atoms with Crippen molar-refractivity contribution in [2.75, 3.05) is 97.0 Å². The van der Waals surface area contributed by atoms with Gasteiger partial charge in [-0.2, -0.15) is 0 Å². The minimum atomic E-state index is -1.23. The summed E-state index contributed by atoms with van der Waals surface area (Å²) < 4.78 is 19.1. The molecular formula is C18H35BrN4O8S2U. The van der Waals surface area contributed by atoms with Gasteiger partial charge in [-0.25, -0.2) is 0 Å². The third-order valence-electron chi connectivity index (χ3n) is 3.73. The summed E-state index contributed by atoms with van der Waals surface area (Å²) >= 11 is 0. The molecule has 1 fully saturated rings. The quantitative estimate of drug-likeness (QED) is 0.269. The van der Waals surface area contributed by atoms with E-state index in [1.165, 1.54) is 0 Å². The number of nitrogens with one attached hydrogen (secondary N) is 1. The summed E-state index contributed by atoms with van der Waals surface area (Å²) in [6.45, 7) is 2.65. The van der Waals surface area contributed by atoms with E-state index in [0.717, 1.165) is 0 Å². The Morgan fingerprint density at radius 1 is 0.647 bits per heavy atom. The number of aliphatic carboxylic acids is 3. The number of hydrogen-bond donors (Lipinski definition) is 1. The van der Waals surface area contributed by atoms with Crippen molar-refractivity contribution in [2.24, 2.45) is 0 Å². The van der Waals surface area contributed by atoms with Crippen LogP contribution in [0, 0.1) is 31.1 Å². The molecule has 0 unspecified atom stereocenters. The van der Waals surface area contributed by atoms with Gasteiger partial charge < -0.3 is 52.0 Å². The van der Waals surface area contributed by atoms with Crippen molar-refractivity contribution >= 4 is 39.5 Å². The van der Waals surface area contributed by atoms with Gasteiger partial charge in [0.05, 0.1) is 17.9 Å². The summed E-state index contributed by atoms with van der Waals surface area (Å²) in [5.41, 5.74) is 0. The smallest absolute Gasteiger partial charge is 1.00 e. The van der Waals surface area contributed by atoms with Gasteiger partial charge in [-0.15, -0.1) is 0 Å². The van der Waals surface area contributed by atoms with Gasteiger partial charge in [-0.1, -0.05) is 0 Å². The molecule has 12 nitrogen and oxygen atoms in total. The van der Waals surface area contributed by atoms with Crippen LogP contribution in [-0.2, 0) is 36.0 Å². The zero-order valence-corrected chi connectivity index (χ0v) is 27.5. The van der Waals surface area contributed by atoms with Crippen LogP contribution in [0.3, 0.4) is 0 Å². The number of halogens is 1. The average molecular weight is 818 g/mol. The maximum Gasteiger partial charge on any atom is 4.00 e. The summed E-state index contributed by atoms with van der Waals surface area (Å²) in [6, 6.07) is 0. The molecule has 0 saturated carbocycles. The van der Waals surface area contributed by atoms with Crippen molar-refractivity contribution < 1.29 is 86.2 Å². The number of carboxylic acids is 3. The number of rotatable bonds is 6. The van der Waals surface area contributed by atoms with E-state index in [4.69, 9.17) is 0 Å². The fourth-order valence-electron chi connectivity index (χ4n) is 2.52. The molecule has 0 spiro atoms. The number of hydrogen-bond acceptors (Lipinski definition) is 12. The van der Waals surface area contributed by atoms with Crippen molar-refractivity contribution in [3.63, 3.8) is 0 Å². The van der Waals surface area contributed by atoms with E-state index in [2.05, 4.69) is 5.32 Å². The van der Waals surface area contributed by atoms with E-state index >= 15 is 0 Å². The van der Waals surface area contributed by atoms with Crippen LogP contribution in [0.4, 0.5) is 0 Å². The Balaban J connectivity index is -0.000000390. The van der Waals surface area contributed by atoms with E-state index in [-0.39, 0.29) is 67.7 Å². The first-order valence-corrected chi connectivity index (χ1v) is 13.7. The van der Waals surface area contributed by atoms with E-state index < -0.39 is 39.5 Å². The number of carbonyl (C=O) groups excluding carboxylic acids is 3. The summed E-state index contributed by atoms with van der Waals surface area (Å²) in [5.74, 6) is -3.61. The molecule has 1 aliphatic rings. The number of carboxylic acid groups (broad SMARTS) is 3. The summed E-state index contributed by atoms with van der Waals surface area (Å²) in [5, 5.41) is 35.6. The minimum Gasteiger partial charge on any atom is -1.00 e. The van der Waals surface area contributed by atoms with Gasteiger partial charge in [0, 0.05) is 119 Å². The van der Waals surface area contributed by atoms with Crippen molar-refractivity contribution in [3.05, 3.63) is 0 Å². The molecule has 0 atom stereocenters. The second-order valence-corrected chi connectivity index (χ2v) is 10.1. The Hall–Kier alpha value is 0.0819. The van der Waals surface area contributed by atoms with Crippen LogP contribution in [0.5, 0.6) is 0 Å². The molecule has 1 rings (SSSR count). The van der Waals surface area contributed by atoms with Gasteiger partial charge in [-0.3, -0.25) is 23.1 Å². The molecule has 0 aliphatic carbocycles. The molecule has 0 aromatic heterocycles. The molecule has 34 heavy (non-hydrogen) atoms. The Morgan fingerprint density at radius 2 is 0.853 bits per heavy atom. The van der Waals surface area contributed by atoms with Gasteiger partial charge in [0.25, 0.3) is 0 Å². The monoisotopic (exact) mass is 816 g/mol. The molecule has 198 valence electrons. The summed E-state index contributed by atoms with van der Waals surface area (Å²) in [6.07, 6.45) is 6.56. The molecule has 1 N–H and O–H groups in total. The van der Waals surface area contributed by atoms with Crippen molar-refractivity contribution in [1.82, 2.24) is 20.0 Å². The first kappa shape index (κ1) is 41.2. The van der Waals surface area contributed by atoms with Gasteiger partial charge in [0.1, 0.15) is 0 Å². The van der Waals surface area contributed by atoms with E-state index in [1.54, 1.807) is 39.7 Å². The first-order chi connectivity index (χ1) is 14.8. The Bertz CT molecular complexity index is 573. The molecule has 16 heteroatoms. The zero-order chi connectivity index (χ0) is 25.1. The van der Waals surface area contributed by atoms with Crippen LogP contribution in [0.25, 0.3) is 0 Å². The van der Waals surface area contributed by atoms with Crippen LogP contribution in [0.2, 0.25) is 0 Å². The molecular weight excluding hydrogens is 782 g/mol. The molecule has 0 aromatic rings. The van der Waals surface area contributed by atoms with Gasteiger partial charge in [0.15, 0.2) is 0 Å². The molecule has 1 heterocycles. The fourth-order valence-corrected chi connectivity index (χ4v) is 2.52. The predicted octanol–water partition coefficient (Wildman–Crippen LogP) is -9.26. The van der Waals surface area contributed by atoms with Crippen LogP contribution >= 0.6 is 0 Å². The van der Waals surface area contributed by atoms with Gasteiger partial charge >= 0.3 is 31.1 Å². The van der Waals surface area contributed by atoms with Crippen molar-refractivity contribution in [3.8, 4) is 0 Å². The van der Waals surface area contributed by atoms with Crippen LogP contribution in [0.15, 0.2) is 0 Å². The average Bonchev–Trinajstić information content (AvgIpc) is 2.59. The number of nitrogens with zero attached hydrogens (tertiary/aromatic N) is 3. The van der Waals surface area contributed by atoms with Crippen LogP contribution in [0.1, 0.15) is 0 Å². The molecule has 1 aliphatic heterocycles. The summed E-state index contributed by atoms with van der Waals surface area (Å²) in [7, 11) is -1.22. The zero-order valence-electron chi connectivity index (χ0n) is 20.1. The topological polar surface area (TPSA) is 176 Å². The molecule has 1 saturated heterocycles. The first-order valence-electron chi connectivity index (χ1n) is 9.80. The van der Waals surface area contributed by atoms with E-state index in [1.807, 2.05) is 0 Å². The van der Waals surface area contributed by atoms with Crippen LogP contribution in [-0.4, -0.2) is 138 Å². The normalized spacial score (nSPS) is 16.2. The largest absolute Gasteiger partial charge is 4.00 e. The standard InChI is InChI=1S/C14H26N4O6.2C2H6OS.BrH.U/c19-12(20)9-16-3-1-15-2-4-17(10-13(21)22)6-8-18(7-5-16)11-14(23)24;2*1-4(2)3;;/h15H,1-11H2,(H,19,20)(H,21,22)(H,23,24);2*1-2H3;1H;/q;;;;+4/p-4. The maximum absolute atomic E-state index is 10.9. The third kappa shape index (κ3) is 34.3. The van der Waals surface area contributed by atoms with Crippen LogP contribution < -0.4 is 37.6 Å². The predicted molar refractivity (Wildman–Crippen MR) is 117 cm³/mol. The summed E-state index contributed by atoms with van der Waals surface area (Å²) in [4.78, 5) is 37.4. The molecule has 0 aromatic carbocycles. The van der Waals surface area contributed by atoms with Crippen molar-refractivity contribution in [2.45, 2.75) is 0 Å². The minimum absolute atomic E-state index is 0. The maximum atomic E-state index is 10.9. The Kier molecular flexibility index (Phi) is 31.7. The second-order valence-electron chi connectivity index (χ2n) is 7.18. The Labute approximate surface area is 241 Å². The third-order valence-corrected chi connectivity index (χ3v) is 3.73.